The zero-order valence-corrected chi connectivity index (χ0v) is 24.5. The van der Waals surface area contributed by atoms with Crippen molar-refractivity contribution in [2.45, 2.75) is 119 Å². The summed E-state index contributed by atoms with van der Waals surface area (Å²) < 4.78 is 14.6. The van der Waals surface area contributed by atoms with Crippen molar-refractivity contribution in [3.05, 3.63) is 23.7 Å². The number of hydrogen-bond donors (Lipinski definition) is 2. The van der Waals surface area contributed by atoms with Gasteiger partial charge in [0.05, 0.1) is 0 Å². The van der Waals surface area contributed by atoms with Gasteiger partial charge >= 0.3 is 198 Å². The first-order valence-corrected chi connectivity index (χ1v) is 15.2. The first kappa shape index (κ1) is 30.7. The SMILES string of the molecule is CC(C)[O][Ti]([CH2]C(C)(C)C(O)=CC(C)(C)C)([CH2]C(C)(C)C(O)=CC(C)(C)C)[O]C(C)C. The molecular weight excluding hydrogens is 424 g/mol. The normalized spacial score (nSPS) is 15.9. The molecule has 5 heteroatoms. The molecule has 4 nitrogen and oxygen atoms in total. The molecule has 0 heterocycles. The average Bonchev–Trinajstić information content (AvgIpc) is 2.39. The molecule has 0 bridgehead atoms. The zero-order valence-electron chi connectivity index (χ0n) is 22.9. The first-order chi connectivity index (χ1) is 13.5. The van der Waals surface area contributed by atoms with Crippen LogP contribution in [0.15, 0.2) is 23.7 Å². The van der Waals surface area contributed by atoms with Crippen LogP contribution in [-0.2, 0) is 24.0 Å². The van der Waals surface area contributed by atoms with Crippen molar-refractivity contribution in [2.24, 2.45) is 21.7 Å². The summed E-state index contributed by atoms with van der Waals surface area (Å²) in [4.78, 5) is 0. The molecule has 0 saturated carbocycles. The number of allylic oxidation sites excluding steroid dienone is 4. The van der Waals surface area contributed by atoms with E-state index in [4.69, 9.17) is 6.64 Å². The fraction of sp³-hybridized carbons (Fsp3) is 0.846. The van der Waals surface area contributed by atoms with Gasteiger partial charge in [-0.05, 0) is 0 Å². The van der Waals surface area contributed by atoms with Crippen molar-refractivity contribution in [3.63, 3.8) is 0 Å². The third kappa shape index (κ3) is 11.9. The molecule has 31 heavy (non-hydrogen) atoms. The van der Waals surface area contributed by atoms with E-state index in [1.54, 1.807) is 0 Å². The number of aliphatic hydroxyl groups excluding tert-OH is 2. The van der Waals surface area contributed by atoms with Crippen molar-refractivity contribution < 1.29 is 34.2 Å². The molecule has 2 N–H and O–H groups in total. The Labute approximate surface area is 197 Å². The summed E-state index contributed by atoms with van der Waals surface area (Å²) in [7, 11) is 0. The summed E-state index contributed by atoms with van der Waals surface area (Å²) in [6.07, 6.45) is 3.89. The van der Waals surface area contributed by atoms with E-state index in [9.17, 15) is 10.2 Å². The fourth-order valence-electron chi connectivity index (χ4n) is 3.85. The molecule has 0 saturated heterocycles. The van der Waals surface area contributed by atoms with E-state index in [-0.39, 0.29) is 23.0 Å². The summed E-state index contributed by atoms with van der Waals surface area (Å²) in [5, 5.41) is 22.0. The van der Waals surface area contributed by atoms with E-state index in [0.717, 1.165) is 0 Å². The molecule has 0 aromatic heterocycles. The van der Waals surface area contributed by atoms with Crippen molar-refractivity contribution in [1.29, 1.82) is 0 Å². The molecule has 0 radical (unpaired) electrons. The van der Waals surface area contributed by atoms with Crippen LogP contribution in [0.3, 0.4) is 0 Å². The Morgan fingerprint density at radius 3 is 1.10 bits per heavy atom. The second kappa shape index (κ2) is 10.8. The van der Waals surface area contributed by atoms with Gasteiger partial charge in [0.2, 0.25) is 0 Å². The van der Waals surface area contributed by atoms with E-state index >= 15 is 0 Å². The number of aliphatic hydroxyl groups is 2. The van der Waals surface area contributed by atoms with Gasteiger partial charge in [0.1, 0.15) is 0 Å². The van der Waals surface area contributed by atoms with Crippen molar-refractivity contribution in [2.75, 3.05) is 0 Å². The van der Waals surface area contributed by atoms with Gasteiger partial charge < -0.3 is 0 Å². The molecule has 0 aliphatic heterocycles. The Bertz CT molecular complexity index is 573. The van der Waals surface area contributed by atoms with E-state index in [2.05, 4.69) is 69.2 Å². The fourth-order valence-corrected chi connectivity index (χ4v) is 12.1. The Kier molecular flexibility index (Phi) is 10.7. The molecule has 0 fully saturated rings. The van der Waals surface area contributed by atoms with Crippen LogP contribution in [0.4, 0.5) is 0 Å². The maximum atomic E-state index is 11.0. The summed E-state index contributed by atoms with van der Waals surface area (Å²) in [6, 6.07) is 0. The van der Waals surface area contributed by atoms with Crippen LogP contribution < -0.4 is 0 Å². The molecular formula is C26H52O4Ti. The molecule has 184 valence electrons. The molecule has 0 atom stereocenters. The number of hydrogen-bond acceptors (Lipinski definition) is 4. The summed E-state index contributed by atoms with van der Waals surface area (Å²) in [6.45, 7) is 28.9. The maximum absolute atomic E-state index is 11.0. The van der Waals surface area contributed by atoms with E-state index in [1.165, 1.54) is 0 Å². The predicted molar refractivity (Wildman–Crippen MR) is 130 cm³/mol. The van der Waals surface area contributed by atoms with E-state index < -0.39 is 28.2 Å². The molecule has 0 amide bonds. The predicted octanol–water partition coefficient (Wildman–Crippen LogP) is 8.69. The van der Waals surface area contributed by atoms with E-state index in [0.29, 0.717) is 21.0 Å². The van der Waals surface area contributed by atoms with Crippen LogP contribution in [0.2, 0.25) is 9.45 Å². The summed E-state index contributed by atoms with van der Waals surface area (Å²) in [5.41, 5.74) is -1.23. The van der Waals surface area contributed by atoms with Crippen LogP contribution in [0.1, 0.15) is 96.9 Å². The molecule has 0 spiro atoms. The molecule has 0 rings (SSSR count). The molecule has 0 aromatic carbocycles. The third-order valence-corrected chi connectivity index (χ3v) is 12.1. The minimum atomic E-state index is -3.53. The van der Waals surface area contributed by atoms with Gasteiger partial charge in [0, 0.05) is 0 Å². The Hall–Kier alpha value is -0.286. The standard InChI is InChI=1S/2C10H19O.2C3H7O.Ti/c2*1-9(2,3)7-8(11)10(4,5)6;2*1-3(2)4;/h2*7,11H,4H2,1-3,5-6H3;2*3H,1-2H3;/q;;2*-1;+2. The van der Waals surface area contributed by atoms with Gasteiger partial charge in [-0.15, -0.1) is 0 Å². The quantitative estimate of drug-likeness (QED) is 0.245. The van der Waals surface area contributed by atoms with Crippen LogP contribution >= 0.6 is 0 Å². The first-order valence-electron chi connectivity index (χ1n) is 11.7. The topological polar surface area (TPSA) is 58.9 Å². The Morgan fingerprint density at radius 2 is 0.903 bits per heavy atom. The third-order valence-electron chi connectivity index (χ3n) is 4.85. The summed E-state index contributed by atoms with van der Waals surface area (Å²) in [5.74, 6) is 0.754. The van der Waals surface area contributed by atoms with Crippen molar-refractivity contribution >= 4 is 0 Å². The van der Waals surface area contributed by atoms with Crippen LogP contribution in [0.25, 0.3) is 0 Å². The Morgan fingerprint density at radius 1 is 0.645 bits per heavy atom. The van der Waals surface area contributed by atoms with Gasteiger partial charge in [-0.1, -0.05) is 0 Å². The van der Waals surface area contributed by atoms with Crippen molar-refractivity contribution in [1.82, 2.24) is 0 Å². The van der Waals surface area contributed by atoms with E-state index in [1.807, 2.05) is 39.8 Å². The minimum absolute atomic E-state index is 0.00725. The molecule has 0 aliphatic carbocycles. The molecule has 0 aliphatic rings. The van der Waals surface area contributed by atoms with Gasteiger partial charge in [-0.2, -0.15) is 0 Å². The monoisotopic (exact) mass is 476 g/mol. The van der Waals surface area contributed by atoms with Crippen LogP contribution in [-0.4, -0.2) is 22.4 Å². The second-order valence-corrected chi connectivity index (χ2v) is 17.8. The number of rotatable bonds is 10. The van der Waals surface area contributed by atoms with Crippen LogP contribution in [0.5, 0.6) is 0 Å². The van der Waals surface area contributed by atoms with Gasteiger partial charge in [0.15, 0.2) is 0 Å². The zero-order chi connectivity index (χ0) is 25.1. The van der Waals surface area contributed by atoms with Crippen LogP contribution in [0, 0.1) is 21.7 Å². The molecule has 0 unspecified atom stereocenters. The van der Waals surface area contributed by atoms with Gasteiger partial charge in [-0.3, -0.25) is 0 Å². The Balaban J connectivity index is 6.41. The average molecular weight is 477 g/mol. The van der Waals surface area contributed by atoms with Gasteiger partial charge in [-0.25, -0.2) is 0 Å². The second-order valence-electron chi connectivity index (χ2n) is 13.2. The van der Waals surface area contributed by atoms with Gasteiger partial charge in [0.25, 0.3) is 0 Å². The summed E-state index contributed by atoms with van der Waals surface area (Å²) >= 11 is -3.53. The van der Waals surface area contributed by atoms with Crippen molar-refractivity contribution in [3.8, 4) is 0 Å². The molecule has 0 aromatic rings.